The zero-order valence-electron chi connectivity index (χ0n) is 15.1. The first-order chi connectivity index (χ1) is 13.4. The molecule has 1 fully saturated rings. The quantitative estimate of drug-likeness (QED) is 0.576. The normalized spacial score (nSPS) is 16.0. The molecule has 0 spiro atoms. The number of aromatic nitrogens is 1. The molecule has 2 heterocycles. The first-order valence-corrected chi connectivity index (χ1v) is 8.84. The highest BCUT2D eigenvalue weighted by atomic mass is 19.4. The number of alkyl halides is 3. The molecule has 0 unspecified atom stereocenters. The van der Waals surface area contributed by atoms with Gasteiger partial charge in [-0.05, 0) is 47.0 Å². The summed E-state index contributed by atoms with van der Waals surface area (Å²) in [5, 5.41) is 4.71. The fourth-order valence-corrected chi connectivity index (χ4v) is 3.05. The van der Waals surface area contributed by atoms with Gasteiger partial charge in [-0.1, -0.05) is 25.1 Å². The zero-order chi connectivity index (χ0) is 19.8. The van der Waals surface area contributed by atoms with E-state index in [0.29, 0.717) is 36.7 Å². The Kier molecular flexibility index (Phi) is 4.66. The maximum absolute atomic E-state index is 12.3. The van der Waals surface area contributed by atoms with Gasteiger partial charge in [-0.15, -0.1) is 13.2 Å². The zero-order valence-corrected chi connectivity index (χ0v) is 15.1. The van der Waals surface area contributed by atoms with Crippen LogP contribution in [0.4, 0.5) is 13.2 Å². The van der Waals surface area contributed by atoms with Crippen molar-refractivity contribution in [2.24, 2.45) is 5.41 Å². The first kappa shape index (κ1) is 18.6. The fourth-order valence-electron chi connectivity index (χ4n) is 3.05. The molecule has 8 heteroatoms. The minimum Gasteiger partial charge on any atom is -0.474 e. The van der Waals surface area contributed by atoms with Crippen LogP contribution in [-0.4, -0.2) is 31.3 Å². The molecule has 1 saturated heterocycles. The van der Waals surface area contributed by atoms with Gasteiger partial charge in [-0.2, -0.15) is 0 Å². The van der Waals surface area contributed by atoms with Crippen molar-refractivity contribution in [3.63, 3.8) is 0 Å². The van der Waals surface area contributed by atoms with Crippen LogP contribution in [0.5, 0.6) is 11.6 Å². The molecule has 3 aromatic rings. The van der Waals surface area contributed by atoms with Crippen molar-refractivity contribution in [2.45, 2.75) is 19.7 Å². The van der Waals surface area contributed by atoms with E-state index in [9.17, 15) is 13.2 Å². The number of hydrogen-bond acceptors (Lipinski definition) is 5. The van der Waals surface area contributed by atoms with Crippen molar-refractivity contribution in [1.29, 1.82) is 0 Å². The SMILES string of the molecule is CCC1(COc2noc3ccc(-c4ccc(OC(F)(F)F)cc4)cc23)COC1. The predicted molar refractivity (Wildman–Crippen MR) is 95.2 cm³/mol. The summed E-state index contributed by atoms with van der Waals surface area (Å²) in [4.78, 5) is 0. The third-order valence-corrected chi connectivity index (χ3v) is 4.94. The Bertz CT molecular complexity index is 956. The predicted octanol–water partition coefficient (Wildman–Crippen LogP) is 5.20. The maximum atomic E-state index is 12.3. The molecule has 1 aliphatic heterocycles. The molecule has 5 nitrogen and oxygen atoms in total. The lowest BCUT2D eigenvalue weighted by Crippen LogP contribution is -2.46. The van der Waals surface area contributed by atoms with Crippen molar-refractivity contribution in [2.75, 3.05) is 19.8 Å². The maximum Gasteiger partial charge on any atom is 0.573 e. The van der Waals surface area contributed by atoms with Gasteiger partial charge < -0.3 is 18.7 Å². The molecule has 0 aliphatic carbocycles. The highest BCUT2D eigenvalue weighted by Gasteiger charge is 2.38. The Hall–Kier alpha value is -2.74. The molecular formula is C20H18F3NO4. The summed E-state index contributed by atoms with van der Waals surface area (Å²) in [7, 11) is 0. The third-order valence-electron chi connectivity index (χ3n) is 4.94. The monoisotopic (exact) mass is 393 g/mol. The highest BCUT2D eigenvalue weighted by Crippen LogP contribution is 2.35. The van der Waals surface area contributed by atoms with E-state index in [0.717, 1.165) is 17.5 Å². The molecule has 0 saturated carbocycles. The standard InChI is InChI=1S/C20H18F3NO4/c1-2-19(10-25-11-19)12-26-18-16-9-14(5-8-17(16)28-24-18)13-3-6-15(7-4-13)27-20(21,22)23/h3-9H,2,10-12H2,1H3. The number of benzene rings is 2. The van der Waals surface area contributed by atoms with E-state index >= 15 is 0 Å². The van der Waals surface area contributed by atoms with Crippen LogP contribution in [-0.2, 0) is 4.74 Å². The summed E-state index contributed by atoms with van der Waals surface area (Å²) >= 11 is 0. The minimum atomic E-state index is -4.71. The summed E-state index contributed by atoms with van der Waals surface area (Å²) in [5.41, 5.74) is 2.13. The lowest BCUT2D eigenvalue weighted by atomic mass is 9.84. The lowest BCUT2D eigenvalue weighted by molar-refractivity contribution is -0.274. The number of ether oxygens (including phenoxy) is 3. The van der Waals surface area contributed by atoms with Crippen LogP contribution in [0.1, 0.15) is 13.3 Å². The van der Waals surface area contributed by atoms with Crippen molar-refractivity contribution >= 4 is 11.0 Å². The second-order valence-corrected chi connectivity index (χ2v) is 6.91. The van der Waals surface area contributed by atoms with Gasteiger partial charge >= 0.3 is 6.36 Å². The van der Waals surface area contributed by atoms with Gasteiger partial charge in [0.05, 0.1) is 24.0 Å². The molecule has 0 N–H and O–H groups in total. The summed E-state index contributed by atoms with van der Waals surface area (Å²) in [6, 6.07) is 11.1. The molecule has 0 amide bonds. The van der Waals surface area contributed by atoms with Crippen molar-refractivity contribution in [3.8, 4) is 22.8 Å². The Morgan fingerprint density at radius 1 is 1.07 bits per heavy atom. The number of fused-ring (bicyclic) bond motifs is 1. The van der Waals surface area contributed by atoms with Gasteiger partial charge in [0.15, 0.2) is 5.58 Å². The average molecular weight is 393 g/mol. The summed E-state index contributed by atoms with van der Waals surface area (Å²) in [6.45, 7) is 3.91. The molecule has 2 aromatic carbocycles. The summed E-state index contributed by atoms with van der Waals surface area (Å²) in [5.74, 6) is 0.132. The Labute approximate surface area is 159 Å². The van der Waals surface area contributed by atoms with E-state index in [2.05, 4.69) is 16.8 Å². The van der Waals surface area contributed by atoms with E-state index in [1.807, 2.05) is 12.1 Å². The molecular weight excluding hydrogens is 375 g/mol. The Balaban J connectivity index is 1.55. The van der Waals surface area contributed by atoms with Gasteiger partial charge in [-0.3, -0.25) is 0 Å². The second-order valence-electron chi connectivity index (χ2n) is 6.91. The van der Waals surface area contributed by atoms with Gasteiger partial charge in [-0.25, -0.2) is 0 Å². The largest absolute Gasteiger partial charge is 0.573 e. The van der Waals surface area contributed by atoms with Crippen molar-refractivity contribution in [1.82, 2.24) is 5.16 Å². The highest BCUT2D eigenvalue weighted by molar-refractivity contribution is 5.87. The van der Waals surface area contributed by atoms with E-state index in [1.165, 1.54) is 12.1 Å². The van der Waals surface area contributed by atoms with Crippen molar-refractivity contribution < 1.29 is 31.9 Å². The number of hydrogen-bond donors (Lipinski definition) is 0. The molecule has 0 atom stereocenters. The number of halogens is 3. The van der Waals surface area contributed by atoms with Gasteiger partial charge in [0.25, 0.3) is 5.88 Å². The molecule has 148 valence electrons. The van der Waals surface area contributed by atoms with E-state index < -0.39 is 6.36 Å². The first-order valence-electron chi connectivity index (χ1n) is 8.84. The minimum absolute atomic E-state index is 0.0111. The van der Waals surface area contributed by atoms with Gasteiger partial charge in [0.1, 0.15) is 12.4 Å². The van der Waals surface area contributed by atoms with Crippen LogP contribution in [0.3, 0.4) is 0 Å². The van der Waals surface area contributed by atoms with Gasteiger partial charge in [0.2, 0.25) is 0 Å². The second kappa shape index (κ2) is 7.01. The average Bonchev–Trinajstić information content (AvgIpc) is 3.03. The third kappa shape index (κ3) is 3.77. The van der Waals surface area contributed by atoms with Crippen LogP contribution >= 0.6 is 0 Å². The number of rotatable bonds is 6. The molecule has 1 aliphatic rings. The summed E-state index contributed by atoms with van der Waals surface area (Å²) in [6.07, 6.45) is -3.77. The smallest absolute Gasteiger partial charge is 0.474 e. The van der Waals surface area contributed by atoms with Crippen LogP contribution in [0, 0.1) is 5.41 Å². The fraction of sp³-hybridized carbons (Fsp3) is 0.350. The van der Waals surface area contributed by atoms with E-state index in [4.69, 9.17) is 14.0 Å². The summed E-state index contributed by atoms with van der Waals surface area (Å²) < 4.78 is 57.3. The molecule has 0 radical (unpaired) electrons. The van der Waals surface area contributed by atoms with Gasteiger partial charge in [0, 0.05) is 0 Å². The van der Waals surface area contributed by atoms with E-state index in [1.54, 1.807) is 18.2 Å². The molecule has 4 rings (SSSR count). The molecule has 28 heavy (non-hydrogen) atoms. The Morgan fingerprint density at radius 3 is 2.39 bits per heavy atom. The van der Waals surface area contributed by atoms with E-state index in [-0.39, 0.29) is 11.2 Å². The Morgan fingerprint density at radius 2 is 1.79 bits per heavy atom. The van der Waals surface area contributed by atoms with Crippen LogP contribution in [0.15, 0.2) is 47.0 Å². The topological polar surface area (TPSA) is 53.7 Å². The number of nitrogens with zero attached hydrogens (tertiary/aromatic N) is 1. The van der Waals surface area contributed by atoms with Crippen molar-refractivity contribution in [3.05, 3.63) is 42.5 Å². The van der Waals surface area contributed by atoms with Crippen LogP contribution < -0.4 is 9.47 Å². The van der Waals surface area contributed by atoms with Crippen LogP contribution in [0.2, 0.25) is 0 Å². The van der Waals surface area contributed by atoms with Crippen LogP contribution in [0.25, 0.3) is 22.1 Å². The lowest BCUT2D eigenvalue weighted by Gasteiger charge is -2.39. The molecule has 1 aromatic heterocycles. The molecule has 0 bridgehead atoms.